The van der Waals surface area contributed by atoms with E-state index < -0.39 is 0 Å². The van der Waals surface area contributed by atoms with Crippen LogP contribution in [0.15, 0.2) is 33.2 Å². The molecule has 6 heteroatoms. The van der Waals surface area contributed by atoms with Gasteiger partial charge in [-0.05, 0) is 38.6 Å². The van der Waals surface area contributed by atoms with Crippen molar-refractivity contribution in [1.82, 2.24) is 4.90 Å². The predicted octanol–water partition coefficient (Wildman–Crippen LogP) is 3.60. The first-order valence-electron chi connectivity index (χ1n) is 7.13. The van der Waals surface area contributed by atoms with Crippen LogP contribution in [0.2, 0.25) is 0 Å². The minimum atomic E-state index is -0.213. The van der Waals surface area contributed by atoms with Crippen molar-refractivity contribution in [3.8, 4) is 6.07 Å². The summed E-state index contributed by atoms with van der Waals surface area (Å²) in [6.07, 6.45) is 0. The highest BCUT2D eigenvalue weighted by atomic mass is 79.9. The van der Waals surface area contributed by atoms with Gasteiger partial charge in [-0.1, -0.05) is 28.1 Å². The van der Waals surface area contributed by atoms with Crippen molar-refractivity contribution in [3.63, 3.8) is 0 Å². The Morgan fingerprint density at radius 1 is 1.35 bits per heavy atom. The van der Waals surface area contributed by atoms with E-state index in [1.807, 2.05) is 36.2 Å². The third-order valence-electron chi connectivity index (χ3n) is 3.53. The molecule has 1 aromatic heterocycles. The molecule has 0 radical (unpaired) electrons. The first-order chi connectivity index (χ1) is 10.9. The van der Waals surface area contributed by atoms with Gasteiger partial charge in [-0.25, -0.2) is 0 Å². The Hall–Kier alpha value is -2.10. The summed E-state index contributed by atoms with van der Waals surface area (Å²) in [5.41, 5.74) is 2.25. The Labute approximate surface area is 144 Å². The number of carbonyl (C=O) groups excluding carboxylic acids is 1. The van der Waals surface area contributed by atoms with E-state index in [1.165, 1.54) is 0 Å². The minimum Gasteiger partial charge on any atom is -0.444 e. The maximum absolute atomic E-state index is 12.1. The Morgan fingerprint density at radius 2 is 2.00 bits per heavy atom. The van der Waals surface area contributed by atoms with Gasteiger partial charge in [0.05, 0.1) is 6.54 Å². The van der Waals surface area contributed by atoms with E-state index in [0.717, 1.165) is 15.6 Å². The summed E-state index contributed by atoms with van der Waals surface area (Å²) in [6.45, 7) is 4.43. The molecule has 1 heterocycles. The maximum Gasteiger partial charge on any atom is 0.240 e. The molecule has 0 unspecified atom stereocenters. The van der Waals surface area contributed by atoms with Crippen LogP contribution in [-0.2, 0) is 11.3 Å². The lowest BCUT2D eigenvalue weighted by Crippen LogP contribution is -2.29. The fourth-order valence-electron chi connectivity index (χ4n) is 2.22. The zero-order chi connectivity index (χ0) is 17.0. The summed E-state index contributed by atoms with van der Waals surface area (Å²) in [7, 11) is 1.87. The molecule has 2 aromatic rings. The third kappa shape index (κ3) is 4.44. The van der Waals surface area contributed by atoms with Gasteiger partial charge in [-0.15, -0.1) is 0 Å². The highest BCUT2D eigenvalue weighted by Crippen LogP contribution is 2.25. The van der Waals surface area contributed by atoms with Crippen molar-refractivity contribution in [3.05, 3.63) is 51.2 Å². The number of likely N-dealkylation sites (N-methyl/N-ethyl adjacent to an activating group) is 1. The van der Waals surface area contributed by atoms with Crippen molar-refractivity contribution in [2.75, 3.05) is 18.9 Å². The molecule has 0 aliphatic rings. The Kier molecular flexibility index (Phi) is 5.59. The number of anilines is 1. The maximum atomic E-state index is 12.1. The zero-order valence-corrected chi connectivity index (χ0v) is 14.9. The molecule has 120 valence electrons. The summed E-state index contributed by atoms with van der Waals surface area (Å²) in [5, 5.41) is 11.8. The number of rotatable bonds is 5. The first kappa shape index (κ1) is 17.3. The monoisotopic (exact) mass is 375 g/mol. The van der Waals surface area contributed by atoms with Crippen LogP contribution in [0.25, 0.3) is 0 Å². The van der Waals surface area contributed by atoms with Gasteiger partial charge in [0.1, 0.15) is 17.4 Å². The minimum absolute atomic E-state index is 0.208. The van der Waals surface area contributed by atoms with Crippen LogP contribution in [-0.4, -0.2) is 24.4 Å². The van der Waals surface area contributed by atoms with Gasteiger partial charge in [0.2, 0.25) is 11.8 Å². The molecule has 0 saturated heterocycles. The van der Waals surface area contributed by atoms with E-state index in [2.05, 4.69) is 27.3 Å². The van der Waals surface area contributed by atoms with Gasteiger partial charge in [0, 0.05) is 16.6 Å². The predicted molar refractivity (Wildman–Crippen MR) is 92.0 cm³/mol. The Bertz CT molecular complexity index is 744. The average Bonchev–Trinajstić information content (AvgIpc) is 2.75. The molecule has 0 atom stereocenters. The van der Waals surface area contributed by atoms with Gasteiger partial charge in [0.15, 0.2) is 0 Å². The topological polar surface area (TPSA) is 69.3 Å². The number of aryl methyl sites for hydroxylation is 1. The standard InChI is InChI=1S/C17H18BrN3O2/c1-11-12(2)23-17(15(11)8-19)20-16(22)10-21(3)9-13-4-6-14(18)7-5-13/h4-7H,9-10H2,1-3H3,(H,20,22). The summed E-state index contributed by atoms with van der Waals surface area (Å²) in [4.78, 5) is 14.0. The fourth-order valence-corrected chi connectivity index (χ4v) is 2.48. The smallest absolute Gasteiger partial charge is 0.240 e. The molecule has 1 N–H and O–H groups in total. The van der Waals surface area contributed by atoms with Crippen LogP contribution in [0.1, 0.15) is 22.5 Å². The summed E-state index contributed by atoms with van der Waals surface area (Å²) in [5.74, 6) is 0.652. The first-order valence-corrected chi connectivity index (χ1v) is 7.93. The molecule has 0 aliphatic heterocycles. The van der Waals surface area contributed by atoms with Gasteiger partial charge in [0.25, 0.3) is 0 Å². The molecule has 2 rings (SSSR count). The number of nitrogens with zero attached hydrogens (tertiary/aromatic N) is 2. The van der Waals surface area contributed by atoms with Gasteiger partial charge >= 0.3 is 0 Å². The molecule has 5 nitrogen and oxygen atoms in total. The number of hydrogen-bond donors (Lipinski definition) is 1. The van der Waals surface area contributed by atoms with Crippen LogP contribution in [0.5, 0.6) is 0 Å². The van der Waals surface area contributed by atoms with Crippen LogP contribution < -0.4 is 5.32 Å². The lowest BCUT2D eigenvalue weighted by Gasteiger charge is -2.16. The molecule has 1 amide bonds. The van der Waals surface area contributed by atoms with Crippen molar-refractivity contribution in [2.24, 2.45) is 0 Å². The van der Waals surface area contributed by atoms with Crippen molar-refractivity contribution < 1.29 is 9.21 Å². The number of benzene rings is 1. The van der Waals surface area contributed by atoms with Crippen molar-refractivity contribution in [1.29, 1.82) is 5.26 Å². The molecule has 0 bridgehead atoms. The van der Waals surface area contributed by atoms with Gasteiger partial charge in [-0.3, -0.25) is 15.0 Å². The van der Waals surface area contributed by atoms with Crippen LogP contribution in [0.3, 0.4) is 0 Å². The Balaban J connectivity index is 1.95. The van der Waals surface area contributed by atoms with Crippen LogP contribution >= 0.6 is 15.9 Å². The summed E-state index contributed by atoms with van der Waals surface area (Å²) < 4.78 is 6.46. The van der Waals surface area contributed by atoms with E-state index in [1.54, 1.807) is 13.8 Å². The third-order valence-corrected chi connectivity index (χ3v) is 4.06. The Morgan fingerprint density at radius 3 is 2.61 bits per heavy atom. The number of nitriles is 1. The highest BCUT2D eigenvalue weighted by Gasteiger charge is 2.17. The average molecular weight is 376 g/mol. The number of amides is 1. The fraction of sp³-hybridized carbons (Fsp3) is 0.294. The summed E-state index contributed by atoms with van der Waals surface area (Å²) in [6, 6.07) is 10.0. The number of carbonyl (C=O) groups is 1. The quantitative estimate of drug-likeness (QED) is 0.866. The zero-order valence-electron chi connectivity index (χ0n) is 13.3. The number of furan rings is 1. The molecule has 1 aromatic carbocycles. The normalized spacial score (nSPS) is 10.6. The van der Waals surface area contributed by atoms with E-state index in [9.17, 15) is 4.79 Å². The highest BCUT2D eigenvalue weighted by molar-refractivity contribution is 9.10. The number of halogens is 1. The second kappa shape index (κ2) is 7.44. The van der Waals surface area contributed by atoms with Gasteiger partial charge < -0.3 is 4.42 Å². The lowest BCUT2D eigenvalue weighted by atomic mass is 10.2. The van der Waals surface area contributed by atoms with E-state index in [-0.39, 0.29) is 18.3 Å². The molecule has 23 heavy (non-hydrogen) atoms. The molecular formula is C17H18BrN3O2. The second-order valence-electron chi connectivity index (χ2n) is 5.45. The molecule has 0 fully saturated rings. The molecule has 0 spiro atoms. The summed E-state index contributed by atoms with van der Waals surface area (Å²) >= 11 is 3.40. The van der Waals surface area contributed by atoms with Crippen LogP contribution in [0, 0.1) is 25.2 Å². The van der Waals surface area contributed by atoms with Crippen molar-refractivity contribution in [2.45, 2.75) is 20.4 Å². The van der Waals surface area contributed by atoms with E-state index >= 15 is 0 Å². The van der Waals surface area contributed by atoms with Crippen LogP contribution in [0.4, 0.5) is 5.88 Å². The number of hydrogen-bond acceptors (Lipinski definition) is 4. The molecule has 0 saturated carbocycles. The SMILES string of the molecule is Cc1oc(NC(=O)CN(C)Cc2ccc(Br)cc2)c(C#N)c1C. The van der Waals surface area contributed by atoms with Gasteiger partial charge in [-0.2, -0.15) is 5.26 Å². The number of nitrogens with one attached hydrogen (secondary N) is 1. The lowest BCUT2D eigenvalue weighted by molar-refractivity contribution is -0.117. The largest absolute Gasteiger partial charge is 0.444 e. The van der Waals surface area contributed by atoms with E-state index in [4.69, 9.17) is 9.68 Å². The van der Waals surface area contributed by atoms with E-state index in [0.29, 0.717) is 17.9 Å². The van der Waals surface area contributed by atoms with Crippen molar-refractivity contribution >= 4 is 27.7 Å². The molecular weight excluding hydrogens is 358 g/mol. The second-order valence-corrected chi connectivity index (χ2v) is 6.36. The molecule has 0 aliphatic carbocycles.